The van der Waals surface area contributed by atoms with Crippen molar-refractivity contribution in [3.8, 4) is 0 Å². The summed E-state index contributed by atoms with van der Waals surface area (Å²) in [7, 11) is 0. The summed E-state index contributed by atoms with van der Waals surface area (Å²) in [6, 6.07) is 16.2. The maximum atomic E-state index is 2.99. The first kappa shape index (κ1) is 33.4. The molecule has 0 bridgehead atoms. The third-order valence-electron chi connectivity index (χ3n) is 10.2. The van der Waals surface area contributed by atoms with Gasteiger partial charge in [-0.1, -0.05) is 76.9 Å². The van der Waals surface area contributed by atoms with Crippen LogP contribution >= 0.6 is 0 Å². The van der Waals surface area contributed by atoms with Gasteiger partial charge in [0, 0.05) is 0 Å². The molecule has 1 heteroatoms. The van der Waals surface area contributed by atoms with Crippen LogP contribution in [0.1, 0.15) is 124 Å². The van der Waals surface area contributed by atoms with Gasteiger partial charge in [0.05, 0.1) is 0 Å². The van der Waals surface area contributed by atoms with Gasteiger partial charge in [-0.25, -0.2) is 12.2 Å². The number of benzene rings is 2. The molecule has 0 radical (unpaired) electrons. The van der Waals surface area contributed by atoms with E-state index in [1.807, 2.05) is 15.4 Å². The minimum atomic E-state index is 0.203. The van der Waals surface area contributed by atoms with Crippen LogP contribution in [0.25, 0.3) is 21.5 Å². The molecular weight excluding hydrogens is 584 g/mol. The molecule has 0 heterocycles. The zero-order valence-corrected chi connectivity index (χ0v) is 30.4. The van der Waals surface area contributed by atoms with E-state index in [-0.39, 0.29) is 10.8 Å². The zero-order chi connectivity index (χ0) is 30.5. The SMILES string of the molecule is CC(C)(C)c1ccc2c(c1)[cH-]c1cc(C(C)(C)C)ccc12.CC([C](=[Zr+2])C(C)C1CCCC1)C1CCCC1.[C-]1=CC=CC1. The molecule has 3 aliphatic rings. The Balaban J connectivity index is 0.000000170. The van der Waals surface area contributed by atoms with Gasteiger partial charge in [-0.05, 0) is 10.8 Å². The summed E-state index contributed by atoms with van der Waals surface area (Å²) in [5.41, 5.74) is 3.21. The van der Waals surface area contributed by atoms with E-state index in [2.05, 4.69) is 110 Å². The Morgan fingerprint density at radius 1 is 0.738 bits per heavy atom. The summed E-state index contributed by atoms with van der Waals surface area (Å²) in [4.78, 5) is 0. The number of hydrogen-bond acceptors (Lipinski definition) is 0. The van der Waals surface area contributed by atoms with E-state index in [0.717, 1.165) is 30.1 Å². The minimum Gasteiger partial charge on any atom is -0.273 e. The van der Waals surface area contributed by atoms with Crippen LogP contribution in [0.3, 0.4) is 0 Å². The van der Waals surface area contributed by atoms with Gasteiger partial charge >= 0.3 is 116 Å². The molecule has 224 valence electrons. The van der Waals surface area contributed by atoms with E-state index < -0.39 is 0 Å². The van der Waals surface area contributed by atoms with Gasteiger partial charge < -0.3 is 0 Å². The quantitative estimate of drug-likeness (QED) is 0.249. The Hall–Kier alpha value is -1.46. The largest absolute Gasteiger partial charge is 0.273 e. The van der Waals surface area contributed by atoms with Crippen LogP contribution in [0.5, 0.6) is 0 Å². The molecule has 0 N–H and O–H groups in total. The second-order valence-corrected chi connectivity index (χ2v) is 16.8. The normalized spacial score (nSPS) is 19.1. The Morgan fingerprint density at radius 3 is 1.48 bits per heavy atom. The molecule has 6 rings (SSSR count). The van der Waals surface area contributed by atoms with Crippen molar-refractivity contribution < 1.29 is 24.2 Å². The Morgan fingerprint density at radius 2 is 1.17 bits per heavy atom. The van der Waals surface area contributed by atoms with Crippen molar-refractivity contribution in [1.29, 1.82) is 0 Å². The van der Waals surface area contributed by atoms with Crippen LogP contribution in [0.4, 0.5) is 0 Å². The van der Waals surface area contributed by atoms with Crippen LogP contribution in [0.2, 0.25) is 0 Å². The first-order valence-electron chi connectivity index (χ1n) is 16.8. The number of fused-ring (bicyclic) bond motifs is 3. The standard InChI is InChI=1S/C21H25.C15H26.C5H5.Zr/c1-20(2,3)16-7-9-18-14(12-16)11-15-13-17(21(4,5)6)8-10-19(15)18;1-12(14-7-3-4-8-14)11-13(2)15-9-5-6-10-15;1-2-4-5-3-1;/h7-13H,1-6H3;12-15H,3-10H2,1-2H3;1-3H,4H2;/q-1;;-1;+2. The average molecular weight is 640 g/mol. The molecule has 0 aliphatic heterocycles. The second-order valence-electron chi connectivity index (χ2n) is 15.4. The Labute approximate surface area is 273 Å². The van der Waals surface area contributed by atoms with Crippen LogP contribution < -0.4 is 0 Å². The van der Waals surface area contributed by atoms with Crippen molar-refractivity contribution >= 4 is 24.8 Å². The van der Waals surface area contributed by atoms with Crippen molar-refractivity contribution in [3.63, 3.8) is 0 Å². The van der Waals surface area contributed by atoms with E-state index in [1.165, 1.54) is 84.0 Å². The molecule has 0 aromatic heterocycles. The van der Waals surface area contributed by atoms with E-state index >= 15 is 0 Å². The van der Waals surface area contributed by atoms with E-state index in [1.54, 1.807) is 24.2 Å². The summed E-state index contributed by atoms with van der Waals surface area (Å²) in [5.74, 6) is 3.93. The van der Waals surface area contributed by atoms with Gasteiger partial charge in [-0.2, -0.15) is 6.08 Å². The van der Waals surface area contributed by atoms with Crippen molar-refractivity contribution in [2.45, 2.75) is 124 Å². The first-order valence-corrected chi connectivity index (χ1v) is 18.0. The summed E-state index contributed by atoms with van der Waals surface area (Å²) >= 11 is 1.73. The van der Waals surface area contributed by atoms with Gasteiger partial charge in [0.15, 0.2) is 0 Å². The average Bonchev–Trinajstić information content (AvgIpc) is 3.77. The molecule has 2 saturated carbocycles. The molecule has 0 nitrogen and oxygen atoms in total. The van der Waals surface area contributed by atoms with E-state index in [4.69, 9.17) is 0 Å². The summed E-state index contributed by atoms with van der Waals surface area (Å²) in [6.45, 7) is 18.7. The maximum Gasteiger partial charge on any atom is -0.109 e. The molecule has 0 amide bonds. The molecule has 2 unspecified atom stereocenters. The fourth-order valence-corrected chi connectivity index (χ4v) is 8.29. The minimum absolute atomic E-state index is 0.203. The molecular formula is C41H56Zr. The van der Waals surface area contributed by atoms with Gasteiger partial charge in [0.2, 0.25) is 0 Å². The third-order valence-corrected chi connectivity index (χ3v) is 12.5. The number of allylic oxidation sites excluding steroid dienone is 4. The van der Waals surface area contributed by atoms with Gasteiger partial charge in [-0.15, -0.1) is 46.2 Å². The van der Waals surface area contributed by atoms with Crippen molar-refractivity contribution in [3.05, 3.63) is 77.9 Å². The molecule has 2 fully saturated rings. The topological polar surface area (TPSA) is 0 Å². The van der Waals surface area contributed by atoms with E-state index in [9.17, 15) is 0 Å². The second kappa shape index (κ2) is 14.5. The molecule has 2 atom stereocenters. The molecule has 0 spiro atoms. The molecule has 3 aromatic carbocycles. The zero-order valence-electron chi connectivity index (χ0n) is 27.9. The van der Waals surface area contributed by atoms with Crippen LogP contribution in [0.15, 0.2) is 60.7 Å². The molecule has 3 aliphatic carbocycles. The molecule has 42 heavy (non-hydrogen) atoms. The summed E-state index contributed by atoms with van der Waals surface area (Å²) in [6.07, 6.45) is 22.0. The monoisotopic (exact) mass is 638 g/mol. The first-order chi connectivity index (χ1) is 19.9. The van der Waals surface area contributed by atoms with Crippen LogP contribution in [-0.4, -0.2) is 3.21 Å². The molecule has 0 saturated heterocycles. The van der Waals surface area contributed by atoms with Gasteiger partial charge in [-0.3, -0.25) is 6.08 Å². The van der Waals surface area contributed by atoms with Crippen molar-refractivity contribution in [2.75, 3.05) is 0 Å². The van der Waals surface area contributed by atoms with Crippen molar-refractivity contribution in [2.24, 2.45) is 23.7 Å². The smallest absolute Gasteiger partial charge is 0.109 e. The predicted molar refractivity (Wildman–Crippen MR) is 183 cm³/mol. The van der Waals surface area contributed by atoms with E-state index in [0.29, 0.717) is 0 Å². The Bertz CT molecular complexity index is 1270. The third kappa shape index (κ3) is 8.59. The maximum absolute atomic E-state index is 2.99. The van der Waals surface area contributed by atoms with Crippen LogP contribution in [0, 0.1) is 29.7 Å². The Kier molecular flexibility index (Phi) is 11.6. The van der Waals surface area contributed by atoms with Gasteiger partial charge in [0.25, 0.3) is 0 Å². The summed E-state index contributed by atoms with van der Waals surface area (Å²) in [5, 5.41) is 5.48. The fourth-order valence-electron chi connectivity index (χ4n) is 7.13. The number of hydrogen-bond donors (Lipinski definition) is 0. The molecule has 3 aromatic rings. The predicted octanol–water partition coefficient (Wildman–Crippen LogP) is 12.0. The fraction of sp³-hybridized carbons (Fsp3) is 0.561. The van der Waals surface area contributed by atoms with Gasteiger partial charge in [0.1, 0.15) is 0 Å². The number of rotatable bonds is 4. The van der Waals surface area contributed by atoms with Crippen LogP contribution in [-0.2, 0) is 35.1 Å². The van der Waals surface area contributed by atoms with Crippen molar-refractivity contribution in [1.82, 2.24) is 0 Å². The summed E-state index contributed by atoms with van der Waals surface area (Å²) < 4.78 is 1.91.